The van der Waals surface area contributed by atoms with Gasteiger partial charge in [0.2, 0.25) is 0 Å². The molecule has 1 heteroatoms. The molecule has 44 valence electrons. The lowest BCUT2D eigenvalue weighted by atomic mass is 10.3. The summed E-state index contributed by atoms with van der Waals surface area (Å²) in [6.45, 7) is 5.53. The minimum atomic E-state index is 1.13. The summed E-state index contributed by atoms with van der Waals surface area (Å²) in [6.07, 6.45) is 5.45. The fourth-order valence-electron chi connectivity index (χ4n) is 0.433. The molecule has 0 unspecified atom stereocenters. The van der Waals surface area contributed by atoms with E-state index >= 15 is 0 Å². The molecule has 0 bridgehead atoms. The van der Waals surface area contributed by atoms with Crippen LogP contribution in [-0.4, -0.2) is 13.3 Å². The molecule has 0 fully saturated rings. The van der Waals surface area contributed by atoms with Gasteiger partial charge in [-0.1, -0.05) is 18.7 Å². The van der Waals surface area contributed by atoms with Crippen LogP contribution in [0.4, 0.5) is 0 Å². The summed E-state index contributed by atoms with van der Waals surface area (Å²) in [5.74, 6) is 0. The lowest BCUT2D eigenvalue weighted by molar-refractivity contribution is 1.45. The second-order valence-corrected chi connectivity index (χ2v) is 1.53. The summed E-state index contributed by atoms with van der Waals surface area (Å²) in [5, 5.41) is 0. The molecular formula is C7H11N. The first-order chi connectivity index (χ1) is 3.81. The predicted octanol–water partition coefficient (Wildman–Crippen LogP) is 1.82. The lowest BCUT2D eigenvalue weighted by Gasteiger charge is -1.81. The van der Waals surface area contributed by atoms with Gasteiger partial charge in [0, 0.05) is 13.3 Å². The molecule has 0 amide bonds. The minimum absolute atomic E-state index is 1.13. The highest BCUT2D eigenvalue weighted by Crippen LogP contribution is 1.85. The quantitative estimate of drug-likeness (QED) is 0.379. The summed E-state index contributed by atoms with van der Waals surface area (Å²) in [4.78, 5) is 3.81. The largest absolute Gasteiger partial charge is 0.296 e. The fraction of sp³-hybridized carbons (Fsp3) is 0.286. The molecule has 0 aliphatic heterocycles. The third kappa shape index (κ3) is 3.34. The Balaban J connectivity index is 3.79. The Morgan fingerprint density at radius 1 is 1.62 bits per heavy atom. The number of rotatable bonds is 2. The summed E-state index contributed by atoms with van der Waals surface area (Å²) in [5.41, 5.74) is 1.13. The highest BCUT2D eigenvalue weighted by atomic mass is 14.6. The van der Waals surface area contributed by atoms with Crippen molar-refractivity contribution in [2.45, 2.75) is 6.92 Å². The van der Waals surface area contributed by atoms with E-state index < -0.39 is 0 Å². The van der Waals surface area contributed by atoms with Crippen LogP contribution < -0.4 is 0 Å². The van der Waals surface area contributed by atoms with Crippen molar-refractivity contribution in [2.24, 2.45) is 4.99 Å². The van der Waals surface area contributed by atoms with Crippen LogP contribution in [0.1, 0.15) is 6.92 Å². The van der Waals surface area contributed by atoms with Gasteiger partial charge in [0.25, 0.3) is 0 Å². The minimum Gasteiger partial charge on any atom is -0.296 e. The number of nitrogens with zero attached hydrogens (tertiary/aromatic N) is 1. The molecule has 0 heterocycles. The zero-order valence-corrected chi connectivity index (χ0v) is 5.39. The van der Waals surface area contributed by atoms with Gasteiger partial charge in [-0.05, 0) is 12.5 Å². The molecule has 0 atom stereocenters. The van der Waals surface area contributed by atoms with Gasteiger partial charge < -0.3 is 0 Å². The van der Waals surface area contributed by atoms with Gasteiger partial charge >= 0.3 is 0 Å². The average molecular weight is 109 g/mol. The van der Waals surface area contributed by atoms with Crippen LogP contribution in [0, 0.1) is 0 Å². The third-order valence-electron chi connectivity index (χ3n) is 0.713. The smallest absolute Gasteiger partial charge is 0.0277 e. The second kappa shape index (κ2) is 4.31. The zero-order valence-electron chi connectivity index (χ0n) is 5.39. The van der Waals surface area contributed by atoms with E-state index in [1.165, 1.54) is 0 Å². The van der Waals surface area contributed by atoms with Crippen LogP contribution in [0.3, 0.4) is 0 Å². The van der Waals surface area contributed by atoms with E-state index in [2.05, 4.69) is 11.6 Å². The first-order valence-corrected chi connectivity index (χ1v) is 2.52. The Morgan fingerprint density at radius 2 is 2.25 bits per heavy atom. The number of aliphatic imine (C=N–C) groups is 1. The topological polar surface area (TPSA) is 12.4 Å². The molecule has 0 radical (unpaired) electrons. The molecule has 1 nitrogen and oxygen atoms in total. The van der Waals surface area contributed by atoms with Gasteiger partial charge in [0.15, 0.2) is 0 Å². The van der Waals surface area contributed by atoms with E-state index in [1.807, 2.05) is 13.0 Å². The molecule has 0 saturated carbocycles. The van der Waals surface area contributed by atoms with Crippen molar-refractivity contribution in [3.63, 3.8) is 0 Å². The summed E-state index contributed by atoms with van der Waals surface area (Å²) >= 11 is 0. The maximum Gasteiger partial charge on any atom is 0.0277 e. The van der Waals surface area contributed by atoms with Gasteiger partial charge in [0.05, 0.1) is 0 Å². The van der Waals surface area contributed by atoms with E-state index in [1.54, 1.807) is 19.3 Å². The second-order valence-electron chi connectivity index (χ2n) is 1.53. The van der Waals surface area contributed by atoms with Crippen molar-refractivity contribution in [2.75, 3.05) is 7.05 Å². The fourth-order valence-corrected chi connectivity index (χ4v) is 0.433. The van der Waals surface area contributed by atoms with Gasteiger partial charge in [-0.25, -0.2) is 0 Å². The Kier molecular flexibility index (Phi) is 3.85. The first-order valence-electron chi connectivity index (χ1n) is 2.52. The van der Waals surface area contributed by atoms with E-state index in [-0.39, 0.29) is 0 Å². The molecule has 0 aliphatic rings. The normalized spacial score (nSPS) is 12.5. The highest BCUT2D eigenvalue weighted by Gasteiger charge is 1.73. The van der Waals surface area contributed by atoms with Crippen LogP contribution in [0.25, 0.3) is 0 Å². The van der Waals surface area contributed by atoms with Gasteiger partial charge in [0.1, 0.15) is 0 Å². The molecule has 0 aromatic carbocycles. The van der Waals surface area contributed by atoms with E-state index in [9.17, 15) is 0 Å². The number of hydrogen-bond donors (Lipinski definition) is 0. The van der Waals surface area contributed by atoms with Crippen molar-refractivity contribution in [3.05, 3.63) is 24.3 Å². The highest BCUT2D eigenvalue weighted by molar-refractivity contribution is 5.77. The van der Waals surface area contributed by atoms with E-state index in [0.29, 0.717) is 0 Å². The summed E-state index contributed by atoms with van der Waals surface area (Å²) in [7, 11) is 1.75. The summed E-state index contributed by atoms with van der Waals surface area (Å²) in [6, 6.07) is 0. The molecule has 0 spiro atoms. The van der Waals surface area contributed by atoms with Crippen molar-refractivity contribution in [1.82, 2.24) is 0 Å². The molecule has 0 saturated heterocycles. The molecule has 8 heavy (non-hydrogen) atoms. The SMILES string of the molecule is C=C/C=C(C)\C=N/C. The maximum absolute atomic E-state index is 3.81. The Labute approximate surface area is 50.4 Å². The maximum atomic E-state index is 3.81. The van der Waals surface area contributed by atoms with Crippen molar-refractivity contribution in [3.8, 4) is 0 Å². The monoisotopic (exact) mass is 109 g/mol. The van der Waals surface area contributed by atoms with Crippen LogP contribution in [0.15, 0.2) is 29.3 Å². The van der Waals surface area contributed by atoms with Gasteiger partial charge in [-0.3, -0.25) is 4.99 Å². The number of allylic oxidation sites excluding steroid dienone is 3. The molecule has 0 rings (SSSR count). The molecule has 0 aromatic rings. The number of hydrogen-bond acceptors (Lipinski definition) is 1. The van der Waals surface area contributed by atoms with Crippen LogP contribution in [0.5, 0.6) is 0 Å². The molecule has 0 aliphatic carbocycles. The lowest BCUT2D eigenvalue weighted by Crippen LogP contribution is -1.73. The Morgan fingerprint density at radius 3 is 2.62 bits per heavy atom. The van der Waals surface area contributed by atoms with Crippen molar-refractivity contribution >= 4 is 6.21 Å². The Bertz CT molecular complexity index is 120. The van der Waals surface area contributed by atoms with Gasteiger partial charge in [-0.15, -0.1) is 0 Å². The van der Waals surface area contributed by atoms with Crippen LogP contribution in [-0.2, 0) is 0 Å². The zero-order chi connectivity index (χ0) is 6.41. The molecule has 0 N–H and O–H groups in total. The Hall–Kier alpha value is -0.850. The standard InChI is InChI=1S/C7H11N/c1-4-5-7(2)6-8-3/h4-6H,1H2,2-3H3/b7-5-,8-6-. The third-order valence-corrected chi connectivity index (χ3v) is 0.713. The van der Waals surface area contributed by atoms with Gasteiger partial charge in [-0.2, -0.15) is 0 Å². The predicted molar refractivity (Wildman–Crippen MR) is 38.4 cm³/mol. The van der Waals surface area contributed by atoms with Crippen LogP contribution >= 0.6 is 0 Å². The first kappa shape index (κ1) is 7.15. The van der Waals surface area contributed by atoms with E-state index in [4.69, 9.17) is 0 Å². The molecular weight excluding hydrogens is 98.1 g/mol. The molecule has 0 aromatic heterocycles. The summed E-state index contributed by atoms with van der Waals surface area (Å²) < 4.78 is 0. The van der Waals surface area contributed by atoms with Crippen molar-refractivity contribution < 1.29 is 0 Å². The van der Waals surface area contributed by atoms with Crippen molar-refractivity contribution in [1.29, 1.82) is 0 Å². The average Bonchev–Trinajstić information content (AvgIpc) is 1.68. The van der Waals surface area contributed by atoms with E-state index in [0.717, 1.165) is 5.57 Å². The van der Waals surface area contributed by atoms with Crippen LogP contribution in [0.2, 0.25) is 0 Å².